The van der Waals surface area contributed by atoms with Gasteiger partial charge >= 0.3 is 0 Å². The fraction of sp³-hybridized carbons (Fsp3) is 0.471. The molecule has 0 bridgehead atoms. The van der Waals surface area contributed by atoms with E-state index in [4.69, 9.17) is 0 Å². The number of carbonyl (C=O) groups excluding carboxylic acids is 1. The second kappa shape index (κ2) is 5.77. The number of rotatable bonds is 3. The largest absolute Gasteiger partial charge is 0.342 e. The van der Waals surface area contributed by atoms with Crippen molar-refractivity contribution in [2.24, 2.45) is 11.8 Å². The number of carbonyl (C=O) groups is 1. The molecule has 0 N–H and O–H groups in total. The summed E-state index contributed by atoms with van der Waals surface area (Å²) in [6, 6.07) is 8.02. The summed E-state index contributed by atoms with van der Waals surface area (Å²) in [4.78, 5) is 17.0. The van der Waals surface area contributed by atoms with Gasteiger partial charge < -0.3 is 9.80 Å². The number of hydrogen-bond donors (Lipinski definition) is 0. The molecule has 2 saturated heterocycles. The average Bonchev–Trinajstić information content (AvgIpc) is 3.23. The molecule has 2 atom stereocenters. The maximum atomic E-state index is 12.5. The van der Waals surface area contributed by atoms with E-state index in [1.807, 2.05) is 28.8 Å². The molecule has 0 aliphatic carbocycles. The zero-order chi connectivity index (χ0) is 15.8. The third kappa shape index (κ3) is 2.86. The van der Waals surface area contributed by atoms with Crippen LogP contribution >= 0.6 is 0 Å². The van der Waals surface area contributed by atoms with Crippen LogP contribution in [0.25, 0.3) is 5.69 Å². The van der Waals surface area contributed by atoms with Gasteiger partial charge in [-0.25, -0.2) is 0 Å². The lowest BCUT2D eigenvalue weighted by Crippen LogP contribution is -2.33. The summed E-state index contributed by atoms with van der Waals surface area (Å²) in [5.74, 6) is 1.58. The van der Waals surface area contributed by atoms with Crippen LogP contribution in [0, 0.1) is 11.8 Å². The number of amides is 1. The fourth-order valence-electron chi connectivity index (χ4n) is 3.84. The molecule has 2 aromatic rings. The molecule has 1 aromatic heterocycles. The molecule has 6 nitrogen and oxygen atoms in total. The van der Waals surface area contributed by atoms with Crippen LogP contribution in [0.15, 0.2) is 36.9 Å². The van der Waals surface area contributed by atoms with Crippen molar-refractivity contribution in [1.82, 2.24) is 24.6 Å². The summed E-state index contributed by atoms with van der Waals surface area (Å²) in [6.07, 6.45) is 3.82. The van der Waals surface area contributed by atoms with Gasteiger partial charge in [-0.1, -0.05) is 12.1 Å². The summed E-state index contributed by atoms with van der Waals surface area (Å²) in [5.41, 5.74) is 2.06. The first-order valence-electron chi connectivity index (χ1n) is 8.09. The van der Waals surface area contributed by atoms with Gasteiger partial charge in [0.15, 0.2) is 0 Å². The van der Waals surface area contributed by atoms with E-state index in [0.29, 0.717) is 18.3 Å². The topological polar surface area (TPSA) is 54.3 Å². The Balaban J connectivity index is 1.38. The van der Waals surface area contributed by atoms with Crippen molar-refractivity contribution >= 4 is 5.91 Å². The van der Waals surface area contributed by atoms with Crippen molar-refractivity contribution in [2.75, 3.05) is 33.2 Å². The van der Waals surface area contributed by atoms with E-state index in [0.717, 1.165) is 37.4 Å². The first kappa shape index (κ1) is 14.4. The van der Waals surface area contributed by atoms with E-state index in [9.17, 15) is 4.79 Å². The normalized spacial score (nSPS) is 24.1. The highest BCUT2D eigenvalue weighted by Gasteiger charge is 2.40. The number of likely N-dealkylation sites (tertiary alicyclic amines) is 2. The number of aromatic nitrogens is 3. The minimum absolute atomic E-state index is 0.249. The van der Waals surface area contributed by atoms with Crippen LogP contribution in [0.4, 0.5) is 0 Å². The van der Waals surface area contributed by atoms with Gasteiger partial charge in [0.05, 0.1) is 6.42 Å². The third-order valence-corrected chi connectivity index (χ3v) is 5.03. The molecule has 0 saturated carbocycles. The lowest BCUT2D eigenvalue weighted by Gasteiger charge is -2.19. The molecule has 1 amide bonds. The molecule has 3 heterocycles. The zero-order valence-electron chi connectivity index (χ0n) is 13.3. The van der Waals surface area contributed by atoms with Crippen LogP contribution in [0.5, 0.6) is 0 Å². The summed E-state index contributed by atoms with van der Waals surface area (Å²) >= 11 is 0. The first-order chi connectivity index (χ1) is 11.2. The average molecular weight is 311 g/mol. The third-order valence-electron chi connectivity index (χ3n) is 5.03. The zero-order valence-corrected chi connectivity index (χ0v) is 13.3. The number of nitrogens with zero attached hydrogens (tertiary/aromatic N) is 5. The number of benzene rings is 1. The van der Waals surface area contributed by atoms with Gasteiger partial charge in [0.25, 0.3) is 0 Å². The second-order valence-corrected chi connectivity index (χ2v) is 6.75. The molecule has 4 rings (SSSR count). The van der Waals surface area contributed by atoms with Crippen molar-refractivity contribution in [3.63, 3.8) is 0 Å². The molecule has 1 aromatic carbocycles. The molecular weight excluding hydrogens is 290 g/mol. The monoisotopic (exact) mass is 311 g/mol. The summed E-state index contributed by atoms with van der Waals surface area (Å²) in [5, 5.41) is 7.61. The lowest BCUT2D eigenvalue weighted by molar-refractivity contribution is -0.129. The Bertz CT molecular complexity index is 668. The molecule has 0 radical (unpaired) electrons. The fourth-order valence-corrected chi connectivity index (χ4v) is 3.84. The van der Waals surface area contributed by atoms with Gasteiger partial charge in [0.2, 0.25) is 5.91 Å². The molecule has 2 aliphatic heterocycles. The van der Waals surface area contributed by atoms with Crippen LogP contribution in [0.2, 0.25) is 0 Å². The van der Waals surface area contributed by atoms with Crippen molar-refractivity contribution in [3.05, 3.63) is 42.5 Å². The van der Waals surface area contributed by atoms with Crippen molar-refractivity contribution in [2.45, 2.75) is 6.42 Å². The Hall–Kier alpha value is -2.21. The minimum atomic E-state index is 0.249. The highest BCUT2D eigenvalue weighted by molar-refractivity contribution is 5.79. The smallest absolute Gasteiger partial charge is 0.227 e. The molecule has 2 aliphatic rings. The number of hydrogen-bond acceptors (Lipinski definition) is 4. The maximum Gasteiger partial charge on any atom is 0.227 e. The van der Waals surface area contributed by atoms with Crippen molar-refractivity contribution < 1.29 is 4.79 Å². The van der Waals surface area contributed by atoms with E-state index in [-0.39, 0.29) is 5.91 Å². The summed E-state index contributed by atoms with van der Waals surface area (Å²) in [7, 11) is 2.17. The summed E-state index contributed by atoms with van der Waals surface area (Å²) < 4.78 is 1.85. The molecule has 6 heteroatoms. The quantitative estimate of drug-likeness (QED) is 0.842. The Kier molecular flexibility index (Phi) is 3.61. The highest BCUT2D eigenvalue weighted by Crippen LogP contribution is 2.30. The van der Waals surface area contributed by atoms with Gasteiger partial charge in [0, 0.05) is 31.9 Å². The van der Waals surface area contributed by atoms with Crippen LogP contribution in [0.3, 0.4) is 0 Å². The van der Waals surface area contributed by atoms with Gasteiger partial charge in [-0.15, -0.1) is 10.2 Å². The van der Waals surface area contributed by atoms with E-state index < -0.39 is 0 Å². The van der Waals surface area contributed by atoms with E-state index >= 15 is 0 Å². The Morgan fingerprint density at radius 2 is 1.65 bits per heavy atom. The van der Waals surface area contributed by atoms with Crippen molar-refractivity contribution in [1.29, 1.82) is 0 Å². The molecular formula is C17H21N5O. The second-order valence-electron chi connectivity index (χ2n) is 6.75. The highest BCUT2D eigenvalue weighted by atomic mass is 16.2. The molecule has 0 unspecified atom stereocenters. The maximum absolute atomic E-state index is 12.5. The van der Waals surface area contributed by atoms with Crippen LogP contribution in [-0.4, -0.2) is 63.7 Å². The summed E-state index contributed by atoms with van der Waals surface area (Å²) in [6.45, 7) is 4.10. The molecule has 2 fully saturated rings. The van der Waals surface area contributed by atoms with Gasteiger partial charge in [-0.05, 0) is 36.6 Å². The Morgan fingerprint density at radius 1 is 1.04 bits per heavy atom. The standard InChI is InChI=1S/C17H21N5O/c1-20-7-14-9-21(10-15(14)8-20)17(23)6-13-2-4-16(5-3-13)22-11-18-19-12-22/h2-5,11-12,14-15H,6-10H2,1H3/t14-,15+. The lowest BCUT2D eigenvalue weighted by atomic mass is 10.0. The predicted molar refractivity (Wildman–Crippen MR) is 86.1 cm³/mol. The van der Waals surface area contributed by atoms with Crippen LogP contribution < -0.4 is 0 Å². The van der Waals surface area contributed by atoms with E-state index in [2.05, 4.69) is 27.0 Å². The van der Waals surface area contributed by atoms with Crippen molar-refractivity contribution in [3.8, 4) is 5.69 Å². The van der Waals surface area contributed by atoms with E-state index in [1.54, 1.807) is 12.7 Å². The SMILES string of the molecule is CN1C[C@@H]2CN(C(=O)Cc3ccc(-n4cnnc4)cc3)C[C@@H]2C1. The molecule has 120 valence electrons. The molecule has 23 heavy (non-hydrogen) atoms. The minimum Gasteiger partial charge on any atom is -0.342 e. The number of fused-ring (bicyclic) bond motifs is 1. The first-order valence-corrected chi connectivity index (χ1v) is 8.09. The van der Waals surface area contributed by atoms with Gasteiger partial charge in [-0.3, -0.25) is 9.36 Å². The van der Waals surface area contributed by atoms with E-state index in [1.165, 1.54) is 0 Å². The van der Waals surface area contributed by atoms with Crippen LogP contribution in [-0.2, 0) is 11.2 Å². The predicted octanol–water partition coefficient (Wildman–Crippen LogP) is 0.830. The van der Waals surface area contributed by atoms with Gasteiger partial charge in [0.1, 0.15) is 12.7 Å². The van der Waals surface area contributed by atoms with Gasteiger partial charge in [-0.2, -0.15) is 0 Å². The Labute approximate surface area is 135 Å². The Morgan fingerprint density at radius 3 is 2.26 bits per heavy atom. The van der Waals surface area contributed by atoms with Crippen LogP contribution in [0.1, 0.15) is 5.56 Å². The molecule has 0 spiro atoms.